The number of alkyl halides is 2. The molecule has 0 bridgehead atoms. The summed E-state index contributed by atoms with van der Waals surface area (Å²) in [4.78, 5) is 30.5. The Morgan fingerprint density at radius 1 is 1.34 bits per heavy atom. The molecule has 12 heteroatoms. The van der Waals surface area contributed by atoms with Crippen LogP contribution in [0.2, 0.25) is 0 Å². The zero-order valence-corrected chi connectivity index (χ0v) is 18.3. The Morgan fingerprint density at radius 2 is 2.16 bits per heavy atom. The van der Waals surface area contributed by atoms with Crippen LogP contribution in [-0.2, 0) is 23.7 Å². The molecule has 0 aliphatic carbocycles. The van der Waals surface area contributed by atoms with E-state index in [4.69, 9.17) is 0 Å². The first-order valence-electron chi connectivity index (χ1n) is 9.58. The van der Waals surface area contributed by atoms with Gasteiger partial charge in [-0.15, -0.1) is 23.7 Å². The number of halogens is 3. The minimum atomic E-state index is -3.53. The second kappa shape index (κ2) is 9.61. The summed E-state index contributed by atoms with van der Waals surface area (Å²) in [6, 6.07) is 6.74. The molecule has 0 radical (unpaired) electrons. The minimum Gasteiger partial charge on any atom is -0.618 e. The van der Waals surface area contributed by atoms with Gasteiger partial charge in [-0.25, -0.2) is 4.98 Å². The maximum Gasteiger partial charge on any atom is 0.347 e. The van der Waals surface area contributed by atoms with Crippen LogP contribution in [0.4, 0.5) is 14.6 Å². The van der Waals surface area contributed by atoms with Crippen LogP contribution in [0.25, 0.3) is 0 Å². The molecule has 3 aromatic rings. The van der Waals surface area contributed by atoms with Crippen LogP contribution in [0.1, 0.15) is 28.7 Å². The largest absolute Gasteiger partial charge is 0.618 e. The SMILES string of the molecule is Cl.O=C(NCc1cccs1)[C@@H]1CCc2cnc(NCC(F)(F)c3cccc[n+]3[O-])c(=O)n21. The summed E-state index contributed by atoms with van der Waals surface area (Å²) < 4.78 is 30.3. The first kappa shape index (κ1) is 23.6. The quantitative estimate of drug-likeness (QED) is 0.397. The average Bonchev–Trinajstić information content (AvgIpc) is 3.42. The Morgan fingerprint density at radius 3 is 2.88 bits per heavy atom. The number of nitrogens with one attached hydrogen (secondary N) is 2. The van der Waals surface area contributed by atoms with E-state index in [0.29, 0.717) is 25.1 Å². The fourth-order valence-electron chi connectivity index (χ4n) is 3.51. The molecule has 32 heavy (non-hydrogen) atoms. The monoisotopic (exact) mass is 483 g/mol. The van der Waals surface area contributed by atoms with E-state index in [0.717, 1.165) is 17.1 Å². The van der Waals surface area contributed by atoms with E-state index in [9.17, 15) is 23.6 Å². The van der Waals surface area contributed by atoms with E-state index in [1.165, 1.54) is 34.2 Å². The van der Waals surface area contributed by atoms with Gasteiger partial charge in [-0.2, -0.15) is 13.5 Å². The Labute approximate surface area is 191 Å². The molecular formula is C20H20ClF2N5O3S. The average molecular weight is 484 g/mol. The molecular weight excluding hydrogens is 464 g/mol. The molecule has 0 saturated carbocycles. The number of fused-ring (bicyclic) bond motifs is 1. The number of thiophene rings is 1. The number of amides is 1. The highest BCUT2D eigenvalue weighted by atomic mass is 35.5. The van der Waals surface area contributed by atoms with Crippen molar-refractivity contribution in [1.82, 2.24) is 14.9 Å². The summed E-state index contributed by atoms with van der Waals surface area (Å²) in [6.45, 7) is -0.637. The Bertz CT molecular complexity index is 1160. The molecule has 170 valence electrons. The lowest BCUT2D eigenvalue weighted by Gasteiger charge is -2.18. The van der Waals surface area contributed by atoms with Crippen LogP contribution in [0.3, 0.4) is 0 Å². The van der Waals surface area contributed by atoms with Crippen molar-refractivity contribution in [3.63, 3.8) is 0 Å². The number of nitrogens with zero attached hydrogens (tertiary/aromatic N) is 3. The van der Waals surface area contributed by atoms with Crippen molar-refractivity contribution >= 4 is 35.5 Å². The minimum absolute atomic E-state index is 0. The second-order valence-corrected chi connectivity index (χ2v) is 8.13. The zero-order chi connectivity index (χ0) is 22.0. The zero-order valence-electron chi connectivity index (χ0n) is 16.7. The van der Waals surface area contributed by atoms with Crippen LogP contribution in [0, 0.1) is 5.21 Å². The van der Waals surface area contributed by atoms with Gasteiger partial charge in [0.25, 0.3) is 11.3 Å². The lowest BCUT2D eigenvalue weighted by Crippen LogP contribution is -2.42. The predicted molar refractivity (Wildman–Crippen MR) is 117 cm³/mol. The van der Waals surface area contributed by atoms with Crippen molar-refractivity contribution in [2.45, 2.75) is 31.4 Å². The highest BCUT2D eigenvalue weighted by molar-refractivity contribution is 7.09. The smallest absolute Gasteiger partial charge is 0.347 e. The van der Waals surface area contributed by atoms with Gasteiger partial charge in [-0.1, -0.05) is 6.07 Å². The lowest BCUT2D eigenvalue weighted by molar-refractivity contribution is -0.624. The van der Waals surface area contributed by atoms with Crippen molar-refractivity contribution in [2.75, 3.05) is 11.9 Å². The molecule has 4 heterocycles. The van der Waals surface area contributed by atoms with Crippen LogP contribution in [0.5, 0.6) is 0 Å². The predicted octanol–water partition coefficient (Wildman–Crippen LogP) is 2.37. The van der Waals surface area contributed by atoms with Gasteiger partial charge in [-0.05, 0) is 30.4 Å². The Kier molecular flexibility index (Phi) is 7.09. The van der Waals surface area contributed by atoms with Crippen LogP contribution >= 0.6 is 23.7 Å². The first-order chi connectivity index (χ1) is 14.9. The van der Waals surface area contributed by atoms with Gasteiger partial charge >= 0.3 is 5.92 Å². The third-order valence-electron chi connectivity index (χ3n) is 5.06. The molecule has 0 fully saturated rings. The first-order valence-corrected chi connectivity index (χ1v) is 10.5. The van der Waals surface area contributed by atoms with Gasteiger partial charge < -0.3 is 15.8 Å². The Hall–Kier alpha value is -3.05. The van der Waals surface area contributed by atoms with Crippen molar-refractivity contribution in [3.05, 3.63) is 79.9 Å². The highest BCUT2D eigenvalue weighted by Gasteiger charge is 2.40. The molecule has 0 unspecified atom stereocenters. The van der Waals surface area contributed by atoms with Crippen LogP contribution < -0.4 is 20.9 Å². The fourth-order valence-corrected chi connectivity index (χ4v) is 4.16. The highest BCUT2D eigenvalue weighted by Crippen LogP contribution is 2.26. The topological polar surface area (TPSA) is 103 Å². The van der Waals surface area contributed by atoms with E-state index in [1.807, 2.05) is 17.5 Å². The summed E-state index contributed by atoms with van der Waals surface area (Å²) in [6.07, 6.45) is 3.29. The molecule has 8 nitrogen and oxygen atoms in total. The van der Waals surface area contributed by atoms with Gasteiger partial charge in [-0.3, -0.25) is 14.2 Å². The molecule has 0 saturated heterocycles. The second-order valence-electron chi connectivity index (χ2n) is 7.09. The van der Waals surface area contributed by atoms with Gasteiger partial charge in [0.05, 0.1) is 13.1 Å². The number of carbonyl (C=O) groups is 1. The number of rotatable bonds is 7. The number of aromatic nitrogens is 3. The third kappa shape index (κ3) is 4.73. The summed E-state index contributed by atoms with van der Waals surface area (Å²) >= 11 is 1.51. The van der Waals surface area contributed by atoms with E-state index in [-0.39, 0.29) is 28.9 Å². The summed E-state index contributed by atoms with van der Waals surface area (Å²) in [5.74, 6) is -4.14. The van der Waals surface area contributed by atoms with Crippen molar-refractivity contribution in [3.8, 4) is 0 Å². The van der Waals surface area contributed by atoms with Crippen LogP contribution in [0.15, 0.2) is 52.9 Å². The molecule has 0 aromatic carbocycles. The number of aryl methyl sites for hydroxylation is 1. The molecule has 4 rings (SSSR count). The summed E-state index contributed by atoms with van der Waals surface area (Å²) in [5, 5.41) is 18.7. The standard InChI is InChI=1S/C20H19F2N5O3S.ClH/c21-20(22,16-5-1-2-8-26(16)30)12-25-17-19(29)27-13(10-23-17)6-7-15(27)18(28)24-11-14-4-3-9-31-14;/h1-5,8-10,15H,6-7,11-12H2,(H,23,25)(H,24,28);1H/t15-;/m0./s1. The molecule has 1 amide bonds. The number of hydrogen-bond donors (Lipinski definition) is 2. The number of pyridine rings is 1. The lowest BCUT2D eigenvalue weighted by atomic mass is 10.2. The molecule has 1 atom stereocenters. The third-order valence-corrected chi connectivity index (χ3v) is 5.93. The van der Waals surface area contributed by atoms with Crippen molar-refractivity contribution in [2.24, 2.45) is 0 Å². The van der Waals surface area contributed by atoms with Crippen molar-refractivity contribution < 1.29 is 18.3 Å². The van der Waals surface area contributed by atoms with E-state index >= 15 is 0 Å². The maximum absolute atomic E-state index is 14.5. The molecule has 2 N–H and O–H groups in total. The summed E-state index contributed by atoms with van der Waals surface area (Å²) in [7, 11) is 0. The van der Waals surface area contributed by atoms with E-state index in [2.05, 4.69) is 15.6 Å². The maximum atomic E-state index is 14.5. The Balaban J connectivity index is 0.00000289. The van der Waals surface area contributed by atoms with E-state index < -0.39 is 29.8 Å². The van der Waals surface area contributed by atoms with Crippen LogP contribution in [-0.4, -0.2) is 22.0 Å². The summed E-state index contributed by atoms with van der Waals surface area (Å²) in [5.41, 5.74) is -0.821. The van der Waals surface area contributed by atoms with Crippen molar-refractivity contribution in [1.29, 1.82) is 0 Å². The van der Waals surface area contributed by atoms with Gasteiger partial charge in [0.1, 0.15) is 6.04 Å². The fraction of sp³-hybridized carbons (Fsp3) is 0.300. The normalized spacial score (nSPS) is 15.0. The number of carbonyl (C=O) groups excluding carboxylic acids is 1. The molecule has 1 aliphatic rings. The van der Waals surface area contributed by atoms with Gasteiger partial charge in [0.15, 0.2) is 12.0 Å². The molecule has 1 aliphatic heterocycles. The number of hydrogen-bond acceptors (Lipinski definition) is 6. The molecule has 0 spiro atoms. The van der Waals surface area contributed by atoms with Gasteiger partial charge in [0.2, 0.25) is 5.91 Å². The van der Waals surface area contributed by atoms with E-state index in [1.54, 1.807) is 0 Å². The molecule has 3 aromatic heterocycles. The number of anilines is 1. The van der Waals surface area contributed by atoms with Gasteiger partial charge in [0, 0.05) is 28.9 Å².